The van der Waals surface area contributed by atoms with Gasteiger partial charge in [-0.3, -0.25) is 4.79 Å². The van der Waals surface area contributed by atoms with Gasteiger partial charge in [0.2, 0.25) is 5.91 Å². The third-order valence-corrected chi connectivity index (χ3v) is 3.18. The van der Waals surface area contributed by atoms with Crippen molar-refractivity contribution in [3.63, 3.8) is 0 Å². The minimum atomic E-state index is 0.00339. The molecule has 1 amide bonds. The Labute approximate surface area is 126 Å². The summed E-state index contributed by atoms with van der Waals surface area (Å²) in [5.74, 6) is 0.715. The van der Waals surface area contributed by atoms with Gasteiger partial charge in [0.15, 0.2) is 0 Å². The van der Waals surface area contributed by atoms with Gasteiger partial charge in [-0.15, -0.1) is 0 Å². The van der Waals surface area contributed by atoms with Gasteiger partial charge in [0.05, 0.1) is 12.3 Å². The Morgan fingerprint density at radius 2 is 1.95 bits per heavy atom. The minimum Gasteiger partial charge on any atom is -0.492 e. The second-order valence-electron chi connectivity index (χ2n) is 4.97. The number of carbonyl (C=O) groups excluding carboxylic acids is 1. The highest BCUT2D eigenvalue weighted by atomic mass is 16.5. The Kier molecular flexibility index (Phi) is 5.38. The van der Waals surface area contributed by atoms with Crippen molar-refractivity contribution in [2.24, 2.45) is 0 Å². The average Bonchev–Trinajstić information content (AvgIpc) is 2.48. The van der Waals surface area contributed by atoms with Crippen LogP contribution in [-0.2, 0) is 11.2 Å². The second-order valence-corrected chi connectivity index (χ2v) is 4.97. The van der Waals surface area contributed by atoms with E-state index in [0.29, 0.717) is 18.8 Å². The number of anilines is 1. The molecule has 0 aliphatic carbocycles. The number of ether oxygens (including phenoxy) is 1. The van der Waals surface area contributed by atoms with Gasteiger partial charge in [0.1, 0.15) is 5.75 Å². The quantitative estimate of drug-likeness (QED) is 0.871. The summed E-state index contributed by atoms with van der Waals surface area (Å²) in [4.78, 5) is 12.1. The summed E-state index contributed by atoms with van der Waals surface area (Å²) in [6.07, 6.45) is 1.20. The zero-order chi connectivity index (χ0) is 15.1. The van der Waals surface area contributed by atoms with Crippen molar-refractivity contribution in [3.05, 3.63) is 59.7 Å². The molecule has 0 saturated carbocycles. The third kappa shape index (κ3) is 4.63. The van der Waals surface area contributed by atoms with Crippen molar-refractivity contribution in [2.75, 3.05) is 11.9 Å². The van der Waals surface area contributed by atoms with Crippen molar-refractivity contribution in [3.8, 4) is 5.75 Å². The predicted molar refractivity (Wildman–Crippen MR) is 85.7 cm³/mol. The van der Waals surface area contributed by atoms with Crippen LogP contribution in [0.4, 0.5) is 5.69 Å². The number of rotatable bonds is 6. The molecule has 0 saturated heterocycles. The molecule has 0 radical (unpaired) electrons. The lowest BCUT2D eigenvalue weighted by Gasteiger charge is -2.11. The molecule has 0 atom stereocenters. The molecule has 0 bridgehead atoms. The van der Waals surface area contributed by atoms with Crippen molar-refractivity contribution in [2.45, 2.75) is 26.7 Å². The highest BCUT2D eigenvalue weighted by molar-refractivity contribution is 5.92. The molecular weight excluding hydrogens is 262 g/mol. The largest absolute Gasteiger partial charge is 0.492 e. The fraction of sp³-hybridized carbons (Fsp3) is 0.278. The van der Waals surface area contributed by atoms with Crippen molar-refractivity contribution in [1.29, 1.82) is 0 Å². The summed E-state index contributed by atoms with van der Waals surface area (Å²) in [6.45, 7) is 4.56. The Balaban J connectivity index is 1.93. The maximum atomic E-state index is 12.1. The monoisotopic (exact) mass is 283 g/mol. The molecule has 21 heavy (non-hydrogen) atoms. The first-order chi connectivity index (χ1) is 10.2. The van der Waals surface area contributed by atoms with Crippen molar-refractivity contribution >= 4 is 11.6 Å². The number of nitrogens with one attached hydrogen (secondary N) is 1. The van der Waals surface area contributed by atoms with Gasteiger partial charge >= 0.3 is 0 Å². The van der Waals surface area contributed by atoms with E-state index in [2.05, 4.69) is 30.4 Å². The van der Waals surface area contributed by atoms with Crippen LogP contribution in [0.2, 0.25) is 0 Å². The summed E-state index contributed by atoms with van der Waals surface area (Å²) in [6, 6.07) is 15.7. The molecule has 110 valence electrons. The Bertz CT molecular complexity index is 608. The zero-order valence-corrected chi connectivity index (χ0v) is 12.6. The molecule has 2 aromatic rings. The number of carbonyl (C=O) groups is 1. The highest BCUT2D eigenvalue weighted by Crippen LogP contribution is 2.23. The van der Waals surface area contributed by atoms with Crippen LogP contribution in [0.1, 0.15) is 24.5 Å². The molecule has 2 rings (SSSR count). The lowest BCUT2D eigenvalue weighted by atomic mass is 10.1. The fourth-order valence-corrected chi connectivity index (χ4v) is 2.19. The average molecular weight is 283 g/mol. The van der Waals surface area contributed by atoms with Crippen LogP contribution in [0.15, 0.2) is 48.5 Å². The van der Waals surface area contributed by atoms with Crippen LogP contribution < -0.4 is 10.1 Å². The molecule has 3 heteroatoms. The SMILES string of the molecule is CCOc1ccccc1NC(=O)CCc1cccc(C)c1. The van der Waals surface area contributed by atoms with E-state index in [4.69, 9.17) is 4.74 Å². The fourth-order valence-electron chi connectivity index (χ4n) is 2.19. The van der Waals surface area contributed by atoms with E-state index < -0.39 is 0 Å². The molecule has 0 aromatic heterocycles. The summed E-state index contributed by atoms with van der Waals surface area (Å²) in [5, 5.41) is 2.92. The van der Waals surface area contributed by atoms with Gasteiger partial charge in [-0.1, -0.05) is 42.0 Å². The molecular formula is C18H21NO2. The van der Waals surface area contributed by atoms with Crippen LogP contribution in [0.3, 0.4) is 0 Å². The van der Waals surface area contributed by atoms with E-state index in [1.807, 2.05) is 37.3 Å². The minimum absolute atomic E-state index is 0.00339. The standard InChI is InChI=1S/C18H21NO2/c1-3-21-17-10-5-4-9-16(17)19-18(20)12-11-15-8-6-7-14(2)13-15/h4-10,13H,3,11-12H2,1-2H3,(H,19,20). The number of benzene rings is 2. The molecule has 0 aliphatic rings. The van der Waals surface area contributed by atoms with E-state index in [1.165, 1.54) is 11.1 Å². The second kappa shape index (κ2) is 7.48. The van der Waals surface area contributed by atoms with E-state index in [1.54, 1.807) is 0 Å². The summed E-state index contributed by atoms with van der Waals surface area (Å²) in [5.41, 5.74) is 3.13. The van der Waals surface area contributed by atoms with Crippen LogP contribution >= 0.6 is 0 Å². The molecule has 1 N–H and O–H groups in total. The van der Waals surface area contributed by atoms with Gasteiger partial charge in [-0.05, 0) is 38.0 Å². The van der Waals surface area contributed by atoms with E-state index >= 15 is 0 Å². The number of aryl methyl sites for hydroxylation is 2. The van der Waals surface area contributed by atoms with Gasteiger partial charge in [-0.25, -0.2) is 0 Å². The Morgan fingerprint density at radius 3 is 2.71 bits per heavy atom. The van der Waals surface area contributed by atoms with E-state index in [9.17, 15) is 4.79 Å². The number of amides is 1. The van der Waals surface area contributed by atoms with Crippen LogP contribution in [0, 0.1) is 6.92 Å². The smallest absolute Gasteiger partial charge is 0.224 e. The van der Waals surface area contributed by atoms with Gasteiger partial charge < -0.3 is 10.1 Å². The molecule has 2 aromatic carbocycles. The maximum absolute atomic E-state index is 12.1. The summed E-state index contributed by atoms with van der Waals surface area (Å²) in [7, 11) is 0. The first kappa shape index (κ1) is 15.1. The van der Waals surface area contributed by atoms with Gasteiger partial charge in [0, 0.05) is 6.42 Å². The molecule has 0 spiro atoms. The molecule has 0 heterocycles. The van der Waals surface area contributed by atoms with Crippen molar-refractivity contribution in [1.82, 2.24) is 0 Å². The van der Waals surface area contributed by atoms with E-state index in [0.717, 1.165) is 12.1 Å². The van der Waals surface area contributed by atoms with Gasteiger partial charge in [0.25, 0.3) is 0 Å². The first-order valence-electron chi connectivity index (χ1n) is 7.26. The van der Waals surface area contributed by atoms with Crippen molar-refractivity contribution < 1.29 is 9.53 Å². The number of hydrogen-bond acceptors (Lipinski definition) is 2. The normalized spacial score (nSPS) is 10.2. The maximum Gasteiger partial charge on any atom is 0.224 e. The van der Waals surface area contributed by atoms with Crippen LogP contribution in [0.25, 0.3) is 0 Å². The zero-order valence-electron chi connectivity index (χ0n) is 12.6. The number of para-hydroxylation sites is 2. The van der Waals surface area contributed by atoms with Gasteiger partial charge in [-0.2, -0.15) is 0 Å². The van der Waals surface area contributed by atoms with Crippen LogP contribution in [0.5, 0.6) is 5.75 Å². The van der Waals surface area contributed by atoms with E-state index in [-0.39, 0.29) is 5.91 Å². The Morgan fingerprint density at radius 1 is 1.14 bits per heavy atom. The molecule has 0 fully saturated rings. The van der Waals surface area contributed by atoms with Crippen LogP contribution in [-0.4, -0.2) is 12.5 Å². The first-order valence-corrected chi connectivity index (χ1v) is 7.26. The topological polar surface area (TPSA) is 38.3 Å². The number of hydrogen-bond donors (Lipinski definition) is 1. The summed E-state index contributed by atoms with van der Waals surface area (Å²) >= 11 is 0. The predicted octanol–water partition coefficient (Wildman–Crippen LogP) is 3.97. The third-order valence-electron chi connectivity index (χ3n) is 3.18. The summed E-state index contributed by atoms with van der Waals surface area (Å²) < 4.78 is 5.50. The lowest BCUT2D eigenvalue weighted by molar-refractivity contribution is -0.116. The Hall–Kier alpha value is -2.29. The molecule has 3 nitrogen and oxygen atoms in total. The lowest BCUT2D eigenvalue weighted by Crippen LogP contribution is -2.13. The highest BCUT2D eigenvalue weighted by Gasteiger charge is 2.07. The molecule has 0 aliphatic heterocycles. The molecule has 0 unspecified atom stereocenters.